The van der Waals surface area contributed by atoms with Gasteiger partial charge in [-0.15, -0.1) is 0 Å². The van der Waals surface area contributed by atoms with Crippen LogP contribution in [0, 0.1) is 11.8 Å². The van der Waals surface area contributed by atoms with E-state index in [0.717, 1.165) is 107 Å². The molecule has 10 rings (SSSR count). The summed E-state index contributed by atoms with van der Waals surface area (Å²) in [7, 11) is 0. The molecule has 5 aromatic carbocycles. The number of H-pyrrole nitrogens is 2. The monoisotopic (exact) mass is 742 g/mol. The molecule has 0 spiro atoms. The van der Waals surface area contributed by atoms with Crippen molar-refractivity contribution >= 4 is 52.7 Å². The lowest BCUT2D eigenvalue weighted by molar-refractivity contribution is 0.112. The van der Waals surface area contributed by atoms with Gasteiger partial charge in [-0.25, -0.2) is 9.97 Å². The number of nitrogens with one attached hydrogen (secondary N) is 2. The average Bonchev–Trinajstić information content (AvgIpc) is 4.12. The van der Waals surface area contributed by atoms with Crippen LogP contribution in [0.25, 0.3) is 90.9 Å². The molecule has 3 aromatic heterocycles. The molecule has 5 heteroatoms. The molecule has 58 heavy (non-hydrogen) atoms. The van der Waals surface area contributed by atoms with Crippen LogP contribution >= 0.6 is 0 Å². The van der Waals surface area contributed by atoms with E-state index in [9.17, 15) is 4.79 Å². The molecule has 0 saturated heterocycles. The maximum Gasteiger partial charge on any atom is 0.150 e. The van der Waals surface area contributed by atoms with Gasteiger partial charge < -0.3 is 9.97 Å². The number of rotatable bonds is 5. The van der Waals surface area contributed by atoms with Gasteiger partial charge in [-0.2, -0.15) is 0 Å². The lowest BCUT2D eigenvalue weighted by Crippen LogP contribution is -1.90. The van der Waals surface area contributed by atoms with Crippen molar-refractivity contribution in [1.29, 1.82) is 0 Å². The Bertz CT molecular complexity index is 3150. The molecule has 5 nitrogen and oxygen atoms in total. The highest BCUT2D eigenvalue weighted by molar-refractivity contribution is 6.01. The number of hydrogen-bond acceptors (Lipinski definition) is 3. The van der Waals surface area contributed by atoms with Gasteiger partial charge >= 0.3 is 0 Å². The van der Waals surface area contributed by atoms with Crippen molar-refractivity contribution < 1.29 is 4.79 Å². The third-order valence-electron chi connectivity index (χ3n) is 10.5. The Morgan fingerprint density at radius 1 is 0.414 bits per heavy atom. The van der Waals surface area contributed by atoms with E-state index >= 15 is 0 Å². The van der Waals surface area contributed by atoms with Crippen LogP contribution in [-0.4, -0.2) is 26.2 Å². The van der Waals surface area contributed by atoms with Crippen LogP contribution in [0.15, 0.2) is 164 Å². The zero-order chi connectivity index (χ0) is 38.8. The summed E-state index contributed by atoms with van der Waals surface area (Å²) in [6.07, 6.45) is 9.28. The summed E-state index contributed by atoms with van der Waals surface area (Å²) in [6, 6.07) is 55.3. The van der Waals surface area contributed by atoms with E-state index in [4.69, 9.17) is 9.97 Å². The highest BCUT2D eigenvalue weighted by Crippen LogP contribution is 2.39. The molecule has 0 unspecified atom stereocenters. The van der Waals surface area contributed by atoms with Gasteiger partial charge in [0.15, 0.2) is 0 Å². The van der Waals surface area contributed by atoms with Crippen molar-refractivity contribution in [1.82, 2.24) is 19.9 Å². The fraction of sp³-hybridized carbons (Fsp3) is 0. The minimum absolute atomic E-state index is 0.607. The summed E-state index contributed by atoms with van der Waals surface area (Å²) in [6.45, 7) is 0. The molecule has 0 saturated carbocycles. The first-order valence-corrected chi connectivity index (χ1v) is 19.2. The zero-order valence-corrected chi connectivity index (χ0v) is 31.3. The predicted octanol–water partition coefficient (Wildman–Crippen LogP) is 12.5. The van der Waals surface area contributed by atoms with E-state index in [1.54, 1.807) is 12.1 Å². The molecule has 0 aliphatic carbocycles. The van der Waals surface area contributed by atoms with Gasteiger partial charge in [0.1, 0.15) is 6.29 Å². The molecular formula is C53H34N4O. The maximum absolute atomic E-state index is 11.4. The van der Waals surface area contributed by atoms with Gasteiger partial charge in [0.2, 0.25) is 0 Å². The van der Waals surface area contributed by atoms with Crippen LogP contribution in [0.2, 0.25) is 0 Å². The largest absolute Gasteiger partial charge is 0.354 e. The van der Waals surface area contributed by atoms with Gasteiger partial charge in [0.05, 0.1) is 33.9 Å². The number of aromatic nitrogens is 4. The van der Waals surface area contributed by atoms with E-state index in [0.29, 0.717) is 5.56 Å². The van der Waals surface area contributed by atoms with Crippen LogP contribution in [0.1, 0.15) is 44.3 Å². The minimum atomic E-state index is 0.607. The van der Waals surface area contributed by atoms with E-state index < -0.39 is 0 Å². The summed E-state index contributed by atoms with van der Waals surface area (Å²) in [5.74, 6) is 6.91. The van der Waals surface area contributed by atoms with E-state index in [-0.39, 0.29) is 0 Å². The number of nitrogens with zero attached hydrogens (tertiary/aromatic N) is 2. The number of carbonyl (C=O) groups excluding carboxylic acids is 1. The minimum Gasteiger partial charge on any atom is -0.354 e. The molecule has 5 heterocycles. The van der Waals surface area contributed by atoms with Crippen molar-refractivity contribution in [3.8, 4) is 56.3 Å². The van der Waals surface area contributed by atoms with Crippen molar-refractivity contribution in [2.24, 2.45) is 0 Å². The first kappa shape index (κ1) is 34.4. The second-order valence-corrected chi connectivity index (χ2v) is 14.1. The predicted molar refractivity (Wildman–Crippen MR) is 238 cm³/mol. The molecule has 0 atom stereocenters. The van der Waals surface area contributed by atoms with Gasteiger partial charge in [-0.3, -0.25) is 4.79 Å². The summed E-state index contributed by atoms with van der Waals surface area (Å²) in [5.41, 5.74) is 17.2. The summed E-state index contributed by atoms with van der Waals surface area (Å²) >= 11 is 0. The Hall–Kier alpha value is -8.07. The number of fused-ring (bicyclic) bond motifs is 8. The average molecular weight is 743 g/mol. The van der Waals surface area contributed by atoms with Crippen LogP contribution in [0.4, 0.5) is 0 Å². The molecule has 272 valence electrons. The van der Waals surface area contributed by atoms with E-state index in [1.165, 1.54) is 0 Å². The third kappa shape index (κ3) is 6.45. The smallest absolute Gasteiger partial charge is 0.150 e. The second-order valence-electron chi connectivity index (χ2n) is 14.1. The molecule has 0 radical (unpaired) electrons. The molecule has 8 bridgehead atoms. The quantitative estimate of drug-likeness (QED) is 0.136. The van der Waals surface area contributed by atoms with Crippen molar-refractivity contribution in [3.63, 3.8) is 0 Å². The van der Waals surface area contributed by atoms with Crippen LogP contribution in [0.3, 0.4) is 0 Å². The Balaban J connectivity index is 1.40. The molecular weight excluding hydrogens is 709 g/mol. The molecule has 2 N–H and O–H groups in total. The Morgan fingerprint density at radius 3 is 1.28 bits per heavy atom. The SMILES string of the molecule is O=Cc1ccc(C#Cc2cc3[nH]c2c(-c2ccccc2)c2nc(c(-c4ccccc4)c4ccc([nH]4)c(-c4ccccc4)c4nc(c3-c3ccccc3)C=C4)C=C2)cc1. The number of aromatic amines is 2. The number of aldehydes is 1. The Morgan fingerprint density at radius 2 is 0.828 bits per heavy atom. The fourth-order valence-corrected chi connectivity index (χ4v) is 7.80. The lowest BCUT2D eigenvalue weighted by atomic mass is 10.0. The van der Waals surface area contributed by atoms with Crippen molar-refractivity contribution in [2.45, 2.75) is 0 Å². The van der Waals surface area contributed by atoms with Crippen LogP contribution < -0.4 is 0 Å². The maximum atomic E-state index is 11.4. The highest BCUT2D eigenvalue weighted by Gasteiger charge is 2.20. The lowest BCUT2D eigenvalue weighted by Gasteiger charge is -2.07. The van der Waals surface area contributed by atoms with E-state index in [2.05, 4.69) is 161 Å². The molecule has 2 aliphatic heterocycles. The fourth-order valence-electron chi connectivity index (χ4n) is 7.80. The van der Waals surface area contributed by atoms with Crippen molar-refractivity contribution in [2.75, 3.05) is 0 Å². The summed E-state index contributed by atoms with van der Waals surface area (Å²) in [4.78, 5) is 30.0. The molecule has 2 aliphatic rings. The molecule has 0 amide bonds. The standard InChI is InChI=1S/C53H34N4O/c58-34-36-23-21-35(22-24-36)25-26-41-33-48-51(39-17-9-3-10-18-39)46-30-29-44(55-46)49(37-13-5-1-6-14-37)42-27-28-43(54-42)50(38-15-7-2-8-16-38)45-31-32-47(56-45)52(53(41)57-48)40-19-11-4-12-20-40/h1-24,27-34,54,57H. The number of hydrogen-bond donors (Lipinski definition) is 2. The van der Waals surface area contributed by atoms with Crippen LogP contribution in [0.5, 0.6) is 0 Å². The molecule has 8 aromatic rings. The second kappa shape index (κ2) is 14.9. The van der Waals surface area contributed by atoms with Gasteiger partial charge in [0, 0.05) is 49.9 Å². The summed E-state index contributed by atoms with van der Waals surface area (Å²) in [5, 5.41) is 0. The zero-order valence-electron chi connectivity index (χ0n) is 31.3. The first-order chi connectivity index (χ1) is 28.7. The molecule has 0 fully saturated rings. The topological polar surface area (TPSA) is 74.4 Å². The first-order valence-electron chi connectivity index (χ1n) is 19.2. The Kier molecular flexibility index (Phi) is 8.83. The van der Waals surface area contributed by atoms with Crippen molar-refractivity contribution in [3.05, 3.63) is 203 Å². The van der Waals surface area contributed by atoms with Crippen LogP contribution in [-0.2, 0) is 0 Å². The Labute approximate surface area is 335 Å². The summed E-state index contributed by atoms with van der Waals surface area (Å²) < 4.78 is 0. The van der Waals surface area contributed by atoms with Gasteiger partial charge in [-0.1, -0.05) is 145 Å². The third-order valence-corrected chi connectivity index (χ3v) is 10.5. The van der Waals surface area contributed by atoms with E-state index in [1.807, 2.05) is 36.4 Å². The normalized spacial score (nSPS) is 11.6. The van der Waals surface area contributed by atoms with Gasteiger partial charge in [-0.05, 0) is 76.9 Å². The van der Waals surface area contributed by atoms with Gasteiger partial charge in [0.25, 0.3) is 0 Å². The number of carbonyl (C=O) groups is 1. The number of benzene rings is 5. The highest BCUT2D eigenvalue weighted by atomic mass is 16.1.